The number of ether oxygens (including phenoxy) is 1. The van der Waals surface area contributed by atoms with Gasteiger partial charge in [0.25, 0.3) is 5.91 Å². The summed E-state index contributed by atoms with van der Waals surface area (Å²) in [4.78, 5) is 12.5. The number of rotatable bonds is 3. The number of carbonyl (C=O) groups is 1. The van der Waals surface area contributed by atoms with Crippen LogP contribution in [0.25, 0.3) is 0 Å². The Labute approximate surface area is 130 Å². The van der Waals surface area contributed by atoms with Crippen molar-refractivity contribution >= 4 is 5.91 Å². The molecule has 4 rings (SSSR count). The quantitative estimate of drug-likeness (QED) is 0.899. The van der Waals surface area contributed by atoms with Crippen molar-refractivity contribution in [3.05, 3.63) is 35.9 Å². The second-order valence-corrected chi connectivity index (χ2v) is 6.98. The van der Waals surface area contributed by atoms with Gasteiger partial charge in [0.15, 0.2) is 6.10 Å². The molecule has 1 aliphatic heterocycles. The molecule has 4 heteroatoms. The lowest BCUT2D eigenvalue weighted by Gasteiger charge is -2.56. The Hall–Kier alpha value is -1.39. The topological polar surface area (TPSA) is 58.6 Å². The molecule has 1 amide bonds. The maximum atomic E-state index is 12.5. The lowest BCUT2D eigenvalue weighted by atomic mass is 9.54. The zero-order valence-electron chi connectivity index (χ0n) is 12.7. The van der Waals surface area contributed by atoms with Crippen molar-refractivity contribution in [2.24, 2.45) is 11.3 Å². The summed E-state index contributed by atoms with van der Waals surface area (Å²) in [6.45, 7) is 0.810. The van der Waals surface area contributed by atoms with Gasteiger partial charge in [-0.25, -0.2) is 0 Å². The van der Waals surface area contributed by atoms with Crippen LogP contribution in [-0.2, 0) is 9.53 Å². The van der Waals surface area contributed by atoms with Gasteiger partial charge in [-0.1, -0.05) is 43.2 Å². The van der Waals surface area contributed by atoms with Crippen LogP contribution in [0.2, 0.25) is 0 Å². The van der Waals surface area contributed by atoms with E-state index in [0.29, 0.717) is 17.6 Å². The number of nitrogens with one attached hydrogen (secondary N) is 1. The molecular weight excluding hydrogens is 278 g/mol. The summed E-state index contributed by atoms with van der Waals surface area (Å²) in [5, 5.41) is 13.4. The zero-order chi connectivity index (χ0) is 15.2. The van der Waals surface area contributed by atoms with Crippen molar-refractivity contribution in [2.75, 3.05) is 6.61 Å². The van der Waals surface area contributed by atoms with Crippen LogP contribution in [0.5, 0.6) is 0 Å². The van der Waals surface area contributed by atoms with Crippen molar-refractivity contribution < 1.29 is 14.6 Å². The van der Waals surface area contributed by atoms with Gasteiger partial charge in [-0.15, -0.1) is 0 Å². The summed E-state index contributed by atoms with van der Waals surface area (Å²) in [5.74, 6) is 0.165. The van der Waals surface area contributed by atoms with Crippen LogP contribution in [0.3, 0.4) is 0 Å². The maximum absolute atomic E-state index is 12.5. The van der Waals surface area contributed by atoms with Crippen LogP contribution in [-0.4, -0.2) is 29.8 Å². The highest BCUT2D eigenvalue weighted by Crippen LogP contribution is 2.60. The largest absolute Gasteiger partial charge is 0.378 e. The first-order valence-electron chi connectivity index (χ1n) is 8.37. The summed E-state index contributed by atoms with van der Waals surface area (Å²) < 4.78 is 5.93. The summed E-state index contributed by atoms with van der Waals surface area (Å²) in [5.41, 5.74) is 0.784. The van der Waals surface area contributed by atoms with Crippen molar-refractivity contribution in [2.45, 2.75) is 50.4 Å². The minimum atomic E-state index is -1.08. The molecule has 0 aromatic heterocycles. The van der Waals surface area contributed by atoms with Crippen molar-refractivity contribution in [3.63, 3.8) is 0 Å². The van der Waals surface area contributed by atoms with Gasteiger partial charge in [-0.05, 0) is 24.8 Å². The average Bonchev–Trinajstić information content (AvgIpc) is 3.21. The van der Waals surface area contributed by atoms with Crippen LogP contribution < -0.4 is 5.32 Å². The van der Waals surface area contributed by atoms with E-state index >= 15 is 0 Å². The SMILES string of the molecule is O=C(NC1C2CCOC2C12CCCC2)C(O)c1ccccc1. The molecule has 4 unspecified atom stereocenters. The van der Waals surface area contributed by atoms with Gasteiger partial charge < -0.3 is 15.2 Å². The number of hydrogen-bond acceptors (Lipinski definition) is 3. The second kappa shape index (κ2) is 5.36. The predicted octanol–water partition coefficient (Wildman–Crippen LogP) is 2.18. The summed E-state index contributed by atoms with van der Waals surface area (Å²) >= 11 is 0. The van der Waals surface area contributed by atoms with Crippen molar-refractivity contribution in [3.8, 4) is 0 Å². The molecule has 1 aromatic carbocycles. The Morgan fingerprint density at radius 3 is 2.73 bits per heavy atom. The van der Waals surface area contributed by atoms with E-state index < -0.39 is 6.10 Å². The standard InChI is InChI=1S/C18H23NO3/c20-14(12-6-2-1-3-7-12)17(21)19-15-13-8-11-22-16(13)18(15)9-4-5-10-18/h1-3,6-7,13-16,20H,4-5,8-11H2,(H,19,21). The molecule has 118 valence electrons. The molecule has 3 aliphatic rings. The highest BCUT2D eigenvalue weighted by Gasteiger charge is 2.65. The fourth-order valence-corrected chi connectivity index (χ4v) is 4.92. The number of fused-ring (bicyclic) bond motifs is 2. The number of aliphatic hydroxyl groups is 1. The lowest BCUT2D eigenvalue weighted by Crippen LogP contribution is -2.68. The van der Waals surface area contributed by atoms with Crippen LogP contribution in [0, 0.1) is 11.3 Å². The summed E-state index contributed by atoms with van der Waals surface area (Å²) in [7, 11) is 0. The molecule has 1 saturated heterocycles. The van der Waals surface area contributed by atoms with E-state index in [1.54, 1.807) is 12.1 Å². The molecule has 22 heavy (non-hydrogen) atoms. The number of benzene rings is 1. The molecule has 2 N–H and O–H groups in total. The number of hydrogen-bond donors (Lipinski definition) is 2. The van der Waals surface area contributed by atoms with E-state index in [4.69, 9.17) is 4.74 Å². The molecule has 3 fully saturated rings. The Morgan fingerprint density at radius 2 is 2.00 bits per heavy atom. The van der Waals surface area contributed by atoms with Crippen molar-refractivity contribution in [1.29, 1.82) is 0 Å². The van der Waals surface area contributed by atoms with Crippen LogP contribution in [0.15, 0.2) is 30.3 Å². The Morgan fingerprint density at radius 1 is 1.27 bits per heavy atom. The third-order valence-electron chi connectivity index (χ3n) is 5.95. The summed E-state index contributed by atoms with van der Waals surface area (Å²) in [6.07, 6.45) is 5.00. The first kappa shape index (κ1) is 14.2. The third-order valence-corrected chi connectivity index (χ3v) is 5.95. The van der Waals surface area contributed by atoms with E-state index in [9.17, 15) is 9.90 Å². The third kappa shape index (κ3) is 2.01. The van der Waals surface area contributed by atoms with Gasteiger partial charge >= 0.3 is 0 Å². The minimum Gasteiger partial charge on any atom is -0.378 e. The first-order chi connectivity index (χ1) is 10.7. The molecule has 0 radical (unpaired) electrons. The van der Waals surface area contributed by atoms with E-state index in [1.165, 1.54) is 12.8 Å². The van der Waals surface area contributed by atoms with Gasteiger partial charge in [0.05, 0.1) is 6.10 Å². The van der Waals surface area contributed by atoms with Crippen molar-refractivity contribution in [1.82, 2.24) is 5.32 Å². The number of carbonyl (C=O) groups excluding carboxylic acids is 1. The van der Waals surface area contributed by atoms with Gasteiger partial charge in [0, 0.05) is 24.0 Å². The Balaban J connectivity index is 1.49. The first-order valence-corrected chi connectivity index (χ1v) is 8.37. The van der Waals surface area contributed by atoms with Crippen LogP contribution in [0.4, 0.5) is 0 Å². The molecule has 4 atom stereocenters. The van der Waals surface area contributed by atoms with Gasteiger partial charge in [-0.3, -0.25) is 4.79 Å². The van der Waals surface area contributed by atoms with Gasteiger partial charge in [0.2, 0.25) is 0 Å². The predicted molar refractivity (Wildman–Crippen MR) is 82.1 cm³/mol. The monoisotopic (exact) mass is 301 g/mol. The van der Waals surface area contributed by atoms with E-state index in [-0.39, 0.29) is 17.4 Å². The molecular formula is C18H23NO3. The Kier molecular flexibility index (Phi) is 3.46. The Bertz CT molecular complexity index is 553. The normalized spacial score (nSPS) is 33.2. The smallest absolute Gasteiger partial charge is 0.253 e. The molecule has 2 aliphatic carbocycles. The second-order valence-electron chi connectivity index (χ2n) is 6.98. The maximum Gasteiger partial charge on any atom is 0.253 e. The van der Waals surface area contributed by atoms with Crippen LogP contribution >= 0.6 is 0 Å². The lowest BCUT2D eigenvalue weighted by molar-refractivity contribution is -0.151. The van der Waals surface area contributed by atoms with Gasteiger partial charge in [-0.2, -0.15) is 0 Å². The van der Waals surface area contributed by atoms with E-state index in [2.05, 4.69) is 5.32 Å². The molecule has 2 saturated carbocycles. The van der Waals surface area contributed by atoms with E-state index in [1.807, 2.05) is 18.2 Å². The van der Waals surface area contributed by atoms with Gasteiger partial charge in [0.1, 0.15) is 0 Å². The molecule has 1 aromatic rings. The van der Waals surface area contributed by atoms with E-state index in [0.717, 1.165) is 25.9 Å². The molecule has 0 bridgehead atoms. The summed E-state index contributed by atoms with van der Waals surface area (Å²) in [6, 6.07) is 9.32. The molecule has 1 spiro atoms. The number of amides is 1. The highest BCUT2D eigenvalue weighted by molar-refractivity contribution is 5.82. The fourth-order valence-electron chi connectivity index (χ4n) is 4.92. The minimum absolute atomic E-state index is 0.132. The zero-order valence-corrected chi connectivity index (χ0v) is 12.7. The molecule has 1 heterocycles. The highest BCUT2D eigenvalue weighted by atomic mass is 16.5. The molecule has 4 nitrogen and oxygen atoms in total. The van der Waals surface area contributed by atoms with Crippen LogP contribution in [0.1, 0.15) is 43.8 Å². The fraction of sp³-hybridized carbons (Fsp3) is 0.611. The average molecular weight is 301 g/mol. The number of aliphatic hydroxyl groups excluding tert-OH is 1.